The molecule has 0 radical (unpaired) electrons. The first-order chi connectivity index (χ1) is 9.95. The van der Waals surface area contributed by atoms with Crippen molar-refractivity contribution in [2.45, 2.75) is 65.0 Å². The number of aliphatic carboxylic acids is 1. The van der Waals surface area contributed by atoms with Crippen LogP contribution < -0.4 is 0 Å². The van der Waals surface area contributed by atoms with Crippen LogP contribution in [0.25, 0.3) is 0 Å². The van der Waals surface area contributed by atoms with E-state index in [1.807, 2.05) is 4.90 Å². The summed E-state index contributed by atoms with van der Waals surface area (Å²) in [6.07, 6.45) is 4.66. The highest BCUT2D eigenvalue weighted by molar-refractivity contribution is 5.83. The zero-order chi connectivity index (χ0) is 15.6. The summed E-state index contributed by atoms with van der Waals surface area (Å²) < 4.78 is 0. The van der Waals surface area contributed by atoms with Gasteiger partial charge in [-0.1, -0.05) is 20.3 Å². The number of hydrogen-bond donors (Lipinski definition) is 1. The lowest BCUT2D eigenvalue weighted by Gasteiger charge is -2.44. The van der Waals surface area contributed by atoms with Crippen molar-refractivity contribution >= 4 is 12.0 Å². The summed E-state index contributed by atoms with van der Waals surface area (Å²) >= 11 is 0. The molecule has 2 rings (SSSR count). The van der Waals surface area contributed by atoms with Crippen LogP contribution in [0.3, 0.4) is 0 Å². The molecule has 2 aliphatic heterocycles. The fraction of sp³-hybridized carbons (Fsp3) is 0.875. The number of piperidine rings is 2. The lowest BCUT2D eigenvalue weighted by Crippen LogP contribution is -2.58. The maximum atomic E-state index is 12.8. The Morgan fingerprint density at radius 1 is 1.14 bits per heavy atom. The van der Waals surface area contributed by atoms with E-state index in [1.54, 1.807) is 4.90 Å². The van der Waals surface area contributed by atoms with Gasteiger partial charge in [-0.25, -0.2) is 9.59 Å². The molecule has 0 spiro atoms. The maximum absolute atomic E-state index is 12.8. The molecule has 2 amide bonds. The summed E-state index contributed by atoms with van der Waals surface area (Å²) in [4.78, 5) is 27.8. The van der Waals surface area contributed by atoms with Gasteiger partial charge < -0.3 is 14.9 Å². The summed E-state index contributed by atoms with van der Waals surface area (Å²) in [5, 5.41) is 9.47. The lowest BCUT2D eigenvalue weighted by molar-refractivity contribution is -0.144. The van der Waals surface area contributed by atoms with E-state index >= 15 is 0 Å². The van der Waals surface area contributed by atoms with Gasteiger partial charge in [-0.3, -0.25) is 0 Å². The van der Waals surface area contributed by atoms with Crippen molar-refractivity contribution in [3.63, 3.8) is 0 Å². The Labute approximate surface area is 127 Å². The summed E-state index contributed by atoms with van der Waals surface area (Å²) in [6, 6.07) is -0.527. The van der Waals surface area contributed by atoms with Crippen molar-refractivity contribution in [3.05, 3.63) is 0 Å². The molecule has 5 nitrogen and oxygen atoms in total. The summed E-state index contributed by atoms with van der Waals surface area (Å²) in [6.45, 7) is 7.67. The minimum absolute atomic E-state index is 0.0731. The molecule has 2 aliphatic rings. The molecule has 0 saturated carbocycles. The highest BCUT2D eigenvalue weighted by atomic mass is 16.4. The van der Waals surface area contributed by atoms with Gasteiger partial charge in [0.2, 0.25) is 0 Å². The van der Waals surface area contributed by atoms with E-state index in [4.69, 9.17) is 0 Å². The number of hydrogen-bond acceptors (Lipinski definition) is 2. The van der Waals surface area contributed by atoms with Crippen molar-refractivity contribution in [3.8, 4) is 0 Å². The van der Waals surface area contributed by atoms with E-state index in [9.17, 15) is 14.7 Å². The maximum Gasteiger partial charge on any atom is 0.326 e. The van der Waals surface area contributed by atoms with Crippen molar-refractivity contribution < 1.29 is 14.7 Å². The lowest BCUT2D eigenvalue weighted by atomic mass is 9.88. The zero-order valence-corrected chi connectivity index (χ0v) is 13.4. The van der Waals surface area contributed by atoms with Crippen LogP contribution in [0.15, 0.2) is 0 Å². The van der Waals surface area contributed by atoms with Crippen molar-refractivity contribution in [1.82, 2.24) is 9.80 Å². The summed E-state index contributed by atoms with van der Waals surface area (Å²) in [7, 11) is 0. The second-order valence-corrected chi connectivity index (χ2v) is 6.68. The predicted octanol–water partition coefficient (Wildman–Crippen LogP) is 2.80. The first-order valence-electron chi connectivity index (χ1n) is 8.25. The molecule has 0 aliphatic carbocycles. The first-order valence-corrected chi connectivity index (χ1v) is 8.25. The number of carbonyl (C=O) groups excluding carboxylic acids is 1. The topological polar surface area (TPSA) is 60.9 Å². The van der Waals surface area contributed by atoms with E-state index in [2.05, 4.69) is 20.8 Å². The standard InChI is InChI=1S/C16H28N2O3/c1-4-13-7-9-18(14(10-13)15(19)20)16(21)17-8-5-6-11(2)12(17)3/h11-14H,4-10H2,1-3H3,(H,19,20). The van der Waals surface area contributed by atoms with Crippen molar-refractivity contribution in [1.29, 1.82) is 0 Å². The molecule has 0 aromatic carbocycles. The summed E-state index contributed by atoms with van der Waals surface area (Å²) in [5.74, 6) is 0.0474. The Morgan fingerprint density at radius 2 is 1.86 bits per heavy atom. The smallest absolute Gasteiger partial charge is 0.326 e. The molecule has 1 N–H and O–H groups in total. The molecule has 2 saturated heterocycles. The SMILES string of the molecule is CCC1CCN(C(=O)N2CCCC(C)C2C)C(C(=O)O)C1. The number of urea groups is 1. The highest BCUT2D eigenvalue weighted by Crippen LogP contribution is 2.29. The molecule has 2 heterocycles. The molecule has 2 fully saturated rings. The normalized spacial score (nSPS) is 33.9. The van der Waals surface area contributed by atoms with Gasteiger partial charge in [-0.05, 0) is 44.4 Å². The zero-order valence-electron chi connectivity index (χ0n) is 13.4. The Balaban J connectivity index is 2.11. The van der Waals surface area contributed by atoms with Crippen LogP contribution >= 0.6 is 0 Å². The number of likely N-dealkylation sites (tertiary alicyclic amines) is 2. The van der Waals surface area contributed by atoms with Gasteiger partial charge in [-0.2, -0.15) is 0 Å². The Morgan fingerprint density at radius 3 is 2.48 bits per heavy atom. The molecule has 4 atom stereocenters. The van der Waals surface area contributed by atoms with Gasteiger partial charge in [0.05, 0.1) is 0 Å². The van der Waals surface area contributed by atoms with Crippen LogP contribution in [-0.2, 0) is 4.79 Å². The van der Waals surface area contributed by atoms with Crippen molar-refractivity contribution in [2.24, 2.45) is 11.8 Å². The molecule has 0 aromatic rings. The first kappa shape index (κ1) is 16.1. The summed E-state index contributed by atoms with van der Waals surface area (Å²) in [5.41, 5.74) is 0. The third kappa shape index (κ3) is 3.33. The molecule has 0 aromatic heterocycles. The molecule has 0 bridgehead atoms. The van der Waals surface area contributed by atoms with Crippen LogP contribution in [0, 0.1) is 11.8 Å². The Bertz CT molecular complexity index is 399. The minimum Gasteiger partial charge on any atom is -0.480 e. The van der Waals surface area contributed by atoms with E-state index in [-0.39, 0.29) is 12.1 Å². The third-order valence-corrected chi connectivity index (χ3v) is 5.44. The van der Waals surface area contributed by atoms with Gasteiger partial charge in [0, 0.05) is 19.1 Å². The molecular weight excluding hydrogens is 268 g/mol. The highest BCUT2D eigenvalue weighted by Gasteiger charge is 2.39. The molecule has 4 unspecified atom stereocenters. The number of nitrogens with zero attached hydrogens (tertiary/aromatic N) is 2. The monoisotopic (exact) mass is 296 g/mol. The molecule has 5 heteroatoms. The van der Waals surface area contributed by atoms with E-state index in [1.165, 1.54) is 0 Å². The average Bonchev–Trinajstić information content (AvgIpc) is 2.48. The van der Waals surface area contributed by atoms with Crippen LogP contribution in [0.1, 0.15) is 52.9 Å². The van der Waals surface area contributed by atoms with Gasteiger partial charge in [0.25, 0.3) is 0 Å². The number of rotatable bonds is 2. The predicted molar refractivity (Wildman–Crippen MR) is 81.1 cm³/mol. The van der Waals surface area contributed by atoms with Crippen molar-refractivity contribution in [2.75, 3.05) is 13.1 Å². The fourth-order valence-electron chi connectivity index (χ4n) is 3.64. The third-order valence-electron chi connectivity index (χ3n) is 5.44. The van der Waals surface area contributed by atoms with Gasteiger partial charge >= 0.3 is 12.0 Å². The van der Waals surface area contributed by atoms with Gasteiger partial charge in [-0.15, -0.1) is 0 Å². The number of carbonyl (C=O) groups is 2. The Hall–Kier alpha value is -1.26. The minimum atomic E-state index is -0.862. The Kier molecular flexibility index (Phi) is 5.12. The number of carboxylic acid groups (broad SMARTS) is 1. The van der Waals surface area contributed by atoms with Crippen LogP contribution in [-0.4, -0.2) is 52.1 Å². The van der Waals surface area contributed by atoms with E-state index in [0.29, 0.717) is 24.8 Å². The fourth-order valence-corrected chi connectivity index (χ4v) is 3.64. The average molecular weight is 296 g/mol. The second-order valence-electron chi connectivity index (χ2n) is 6.68. The largest absolute Gasteiger partial charge is 0.480 e. The number of amides is 2. The van der Waals surface area contributed by atoms with Crippen LogP contribution in [0.2, 0.25) is 0 Å². The van der Waals surface area contributed by atoms with Gasteiger partial charge in [0.1, 0.15) is 6.04 Å². The molecular formula is C16H28N2O3. The van der Waals surface area contributed by atoms with Crippen LogP contribution in [0.5, 0.6) is 0 Å². The second kappa shape index (κ2) is 6.67. The van der Waals surface area contributed by atoms with Crippen LogP contribution in [0.4, 0.5) is 4.79 Å². The molecule has 21 heavy (non-hydrogen) atoms. The van der Waals surface area contributed by atoms with E-state index in [0.717, 1.165) is 32.2 Å². The quantitative estimate of drug-likeness (QED) is 0.852. The van der Waals surface area contributed by atoms with Gasteiger partial charge in [0.15, 0.2) is 0 Å². The number of carboxylic acids is 1. The van der Waals surface area contributed by atoms with E-state index < -0.39 is 12.0 Å². The molecule has 120 valence electrons.